The van der Waals surface area contributed by atoms with Gasteiger partial charge in [-0.25, -0.2) is 13.4 Å². The third-order valence-corrected chi connectivity index (χ3v) is 3.81. The zero-order valence-electron chi connectivity index (χ0n) is 13.5. The maximum absolute atomic E-state index is 11.3. The van der Waals surface area contributed by atoms with Gasteiger partial charge in [-0.2, -0.15) is 0 Å². The molecule has 0 unspecified atom stereocenters. The maximum Gasteiger partial charge on any atom is 0.229 e. The number of sulfonamides is 1. The summed E-state index contributed by atoms with van der Waals surface area (Å²) in [6, 6.07) is 11.0. The van der Waals surface area contributed by atoms with Crippen molar-refractivity contribution in [3.05, 3.63) is 47.7 Å². The van der Waals surface area contributed by atoms with E-state index in [-0.39, 0.29) is 0 Å². The summed E-state index contributed by atoms with van der Waals surface area (Å²) in [7, 11) is -1.68. The number of anilines is 2. The van der Waals surface area contributed by atoms with Crippen LogP contribution in [0.2, 0.25) is 0 Å². The van der Waals surface area contributed by atoms with Crippen LogP contribution in [0, 0.1) is 0 Å². The number of aryl methyl sites for hydroxylation is 1. The third kappa shape index (κ3) is 5.14. The zero-order chi connectivity index (χ0) is 16.9. The smallest absolute Gasteiger partial charge is 0.229 e. The lowest BCUT2D eigenvalue weighted by Gasteiger charge is -2.12. The molecule has 23 heavy (non-hydrogen) atoms. The molecule has 0 aliphatic carbocycles. The second-order valence-corrected chi connectivity index (χ2v) is 6.88. The van der Waals surface area contributed by atoms with Crippen molar-refractivity contribution in [1.29, 1.82) is 0 Å². The van der Waals surface area contributed by atoms with Crippen molar-refractivity contribution in [2.75, 3.05) is 23.4 Å². The third-order valence-electron chi connectivity index (χ3n) is 3.21. The molecule has 2 rings (SSSR count). The van der Waals surface area contributed by atoms with Crippen LogP contribution in [0.1, 0.15) is 18.2 Å². The molecule has 0 radical (unpaired) electrons. The number of ether oxygens (including phenoxy) is 1. The Morgan fingerprint density at radius 3 is 2.65 bits per heavy atom. The van der Waals surface area contributed by atoms with E-state index in [0.29, 0.717) is 18.1 Å². The molecular formula is C16H21N3O3S. The van der Waals surface area contributed by atoms with Gasteiger partial charge in [0.25, 0.3) is 0 Å². The molecule has 1 aromatic carbocycles. The van der Waals surface area contributed by atoms with Crippen LogP contribution in [0.4, 0.5) is 11.4 Å². The number of hydrogen-bond acceptors (Lipinski definition) is 5. The van der Waals surface area contributed by atoms with Crippen molar-refractivity contribution in [2.45, 2.75) is 19.9 Å². The first-order chi connectivity index (χ1) is 10.9. The van der Waals surface area contributed by atoms with Crippen LogP contribution in [-0.4, -0.2) is 26.8 Å². The van der Waals surface area contributed by atoms with Gasteiger partial charge >= 0.3 is 0 Å². The number of aromatic nitrogens is 1. The Morgan fingerprint density at radius 2 is 2.00 bits per heavy atom. The van der Waals surface area contributed by atoms with E-state index in [1.165, 1.54) is 0 Å². The van der Waals surface area contributed by atoms with E-state index >= 15 is 0 Å². The van der Waals surface area contributed by atoms with Gasteiger partial charge in [-0.15, -0.1) is 0 Å². The van der Waals surface area contributed by atoms with Crippen molar-refractivity contribution in [3.8, 4) is 5.88 Å². The fraction of sp³-hybridized carbons (Fsp3) is 0.312. The van der Waals surface area contributed by atoms with Crippen LogP contribution in [0.25, 0.3) is 0 Å². The lowest BCUT2D eigenvalue weighted by molar-refractivity contribution is 0.396. The molecule has 2 N–H and O–H groups in total. The minimum atomic E-state index is -3.27. The van der Waals surface area contributed by atoms with Crippen LogP contribution >= 0.6 is 0 Å². The van der Waals surface area contributed by atoms with Gasteiger partial charge < -0.3 is 10.1 Å². The predicted octanol–water partition coefficient (Wildman–Crippen LogP) is 2.64. The van der Waals surface area contributed by atoms with E-state index in [9.17, 15) is 8.42 Å². The highest BCUT2D eigenvalue weighted by Crippen LogP contribution is 2.20. The van der Waals surface area contributed by atoms with Crippen LogP contribution in [0.5, 0.6) is 5.88 Å². The topological polar surface area (TPSA) is 80.3 Å². The molecule has 2 aromatic rings. The normalized spacial score (nSPS) is 11.1. The second-order valence-electron chi connectivity index (χ2n) is 5.13. The summed E-state index contributed by atoms with van der Waals surface area (Å²) >= 11 is 0. The molecule has 0 atom stereocenters. The molecule has 124 valence electrons. The Kier molecular flexibility index (Phi) is 5.44. The average molecular weight is 335 g/mol. The molecule has 0 fully saturated rings. The zero-order valence-corrected chi connectivity index (χ0v) is 14.3. The van der Waals surface area contributed by atoms with Gasteiger partial charge in [0.1, 0.15) is 0 Å². The van der Waals surface area contributed by atoms with Crippen molar-refractivity contribution < 1.29 is 13.2 Å². The van der Waals surface area contributed by atoms with Crippen molar-refractivity contribution in [3.63, 3.8) is 0 Å². The number of nitrogens with one attached hydrogen (secondary N) is 2. The molecule has 0 saturated carbocycles. The number of hydrogen-bond donors (Lipinski definition) is 2. The standard InChI is InChI=1S/C16H21N3O3S/c1-4-14-15(8-9-16(18-14)22-2)17-11-12-6-5-7-13(10-12)19-23(3,20)21/h5-10,17,19H,4,11H2,1-3H3. The highest BCUT2D eigenvalue weighted by atomic mass is 32.2. The van der Waals surface area contributed by atoms with Crippen molar-refractivity contribution in [2.24, 2.45) is 0 Å². The highest BCUT2D eigenvalue weighted by Gasteiger charge is 2.06. The van der Waals surface area contributed by atoms with E-state index in [1.54, 1.807) is 19.2 Å². The van der Waals surface area contributed by atoms with E-state index < -0.39 is 10.0 Å². The molecular weight excluding hydrogens is 314 g/mol. The molecule has 7 heteroatoms. The van der Waals surface area contributed by atoms with Crippen LogP contribution in [-0.2, 0) is 23.0 Å². The Labute approximate surface area is 137 Å². The van der Waals surface area contributed by atoms with Crippen molar-refractivity contribution in [1.82, 2.24) is 4.98 Å². The summed E-state index contributed by atoms with van der Waals surface area (Å²) in [4.78, 5) is 4.41. The van der Waals surface area contributed by atoms with Gasteiger partial charge in [0, 0.05) is 18.3 Å². The molecule has 0 aliphatic heterocycles. The SMILES string of the molecule is CCc1nc(OC)ccc1NCc1cccc(NS(C)(=O)=O)c1. The number of methoxy groups -OCH3 is 1. The summed E-state index contributed by atoms with van der Waals surface area (Å²) in [5.41, 5.74) is 3.39. The minimum Gasteiger partial charge on any atom is -0.481 e. The minimum absolute atomic E-state index is 0.551. The average Bonchev–Trinajstić information content (AvgIpc) is 2.51. The Bertz CT molecular complexity index is 776. The second kappa shape index (κ2) is 7.32. The number of benzene rings is 1. The fourth-order valence-corrected chi connectivity index (χ4v) is 2.74. The van der Waals surface area contributed by atoms with Gasteiger partial charge in [0.2, 0.25) is 15.9 Å². The quantitative estimate of drug-likeness (QED) is 0.813. The Hall–Kier alpha value is -2.28. The van der Waals surface area contributed by atoms with E-state index in [0.717, 1.165) is 29.6 Å². The summed E-state index contributed by atoms with van der Waals surface area (Å²) in [5, 5.41) is 3.33. The van der Waals surface area contributed by atoms with E-state index in [2.05, 4.69) is 15.0 Å². The first kappa shape index (κ1) is 17.1. The van der Waals surface area contributed by atoms with Gasteiger partial charge in [0.05, 0.1) is 24.7 Å². The molecule has 1 aromatic heterocycles. The molecule has 0 bridgehead atoms. The highest BCUT2D eigenvalue weighted by molar-refractivity contribution is 7.92. The molecule has 6 nitrogen and oxygen atoms in total. The van der Waals surface area contributed by atoms with Gasteiger partial charge in [-0.3, -0.25) is 4.72 Å². The monoisotopic (exact) mass is 335 g/mol. The lowest BCUT2D eigenvalue weighted by atomic mass is 10.2. The largest absolute Gasteiger partial charge is 0.481 e. The molecule has 0 saturated heterocycles. The molecule has 0 aliphatic rings. The molecule has 1 heterocycles. The van der Waals surface area contributed by atoms with E-state index in [1.807, 2.05) is 31.2 Å². The Balaban J connectivity index is 2.10. The Morgan fingerprint density at radius 1 is 1.22 bits per heavy atom. The number of nitrogens with zero attached hydrogens (tertiary/aromatic N) is 1. The van der Waals surface area contributed by atoms with E-state index in [4.69, 9.17) is 4.74 Å². The summed E-state index contributed by atoms with van der Waals surface area (Å²) in [6.45, 7) is 2.60. The first-order valence-electron chi connectivity index (χ1n) is 7.26. The van der Waals surface area contributed by atoms with Crippen LogP contribution < -0.4 is 14.8 Å². The van der Waals surface area contributed by atoms with Gasteiger partial charge in [0.15, 0.2) is 0 Å². The predicted molar refractivity (Wildman–Crippen MR) is 92.4 cm³/mol. The summed E-state index contributed by atoms with van der Waals surface area (Å²) in [6.07, 6.45) is 1.92. The van der Waals surface area contributed by atoms with Gasteiger partial charge in [-0.05, 0) is 30.2 Å². The number of rotatable bonds is 7. The first-order valence-corrected chi connectivity index (χ1v) is 9.15. The summed E-state index contributed by atoms with van der Waals surface area (Å²) in [5.74, 6) is 0.590. The number of pyridine rings is 1. The van der Waals surface area contributed by atoms with Crippen molar-refractivity contribution >= 4 is 21.4 Å². The summed E-state index contributed by atoms with van der Waals surface area (Å²) < 4.78 is 30.2. The fourth-order valence-electron chi connectivity index (χ4n) is 2.18. The molecule has 0 spiro atoms. The molecule has 0 amide bonds. The van der Waals surface area contributed by atoms with Crippen LogP contribution in [0.15, 0.2) is 36.4 Å². The maximum atomic E-state index is 11.3. The lowest BCUT2D eigenvalue weighted by Crippen LogP contribution is -2.10. The van der Waals surface area contributed by atoms with Gasteiger partial charge in [-0.1, -0.05) is 19.1 Å². The van der Waals surface area contributed by atoms with Crippen LogP contribution in [0.3, 0.4) is 0 Å².